The molecule has 26 heavy (non-hydrogen) atoms. The van der Waals surface area contributed by atoms with Crippen LogP contribution in [0.1, 0.15) is 23.4 Å². The number of amides is 1. The van der Waals surface area contributed by atoms with Gasteiger partial charge in [0.1, 0.15) is 4.90 Å². The number of carbonyl (C=O) groups excluding carboxylic acids is 1. The molecule has 142 valence electrons. The summed E-state index contributed by atoms with van der Waals surface area (Å²) in [5.74, 6) is 0.0522. The number of aryl methyl sites for hydroxylation is 2. The van der Waals surface area contributed by atoms with E-state index in [0.717, 1.165) is 5.56 Å². The fraction of sp³-hybridized carbons (Fsp3) is 0.529. The molecular weight excluding hydrogens is 372 g/mol. The van der Waals surface area contributed by atoms with Crippen molar-refractivity contribution in [3.8, 4) is 0 Å². The Labute approximate surface area is 158 Å². The predicted molar refractivity (Wildman–Crippen MR) is 101 cm³/mol. The van der Waals surface area contributed by atoms with Gasteiger partial charge in [-0.1, -0.05) is 0 Å². The highest BCUT2D eigenvalue weighted by Crippen LogP contribution is 2.24. The molecule has 1 amide bonds. The third-order valence-corrected chi connectivity index (χ3v) is 7.67. The minimum atomic E-state index is -3.61. The van der Waals surface area contributed by atoms with E-state index in [9.17, 15) is 13.2 Å². The minimum Gasteiger partial charge on any atom is -0.341 e. The van der Waals surface area contributed by atoms with E-state index >= 15 is 0 Å². The highest BCUT2D eigenvalue weighted by Gasteiger charge is 2.32. The van der Waals surface area contributed by atoms with Crippen LogP contribution < -0.4 is 0 Å². The van der Waals surface area contributed by atoms with Crippen LogP contribution in [-0.2, 0) is 28.3 Å². The maximum atomic E-state index is 13.1. The molecule has 1 saturated heterocycles. The Hall–Kier alpha value is -1.71. The quantitative estimate of drug-likeness (QED) is 0.786. The number of aromatic nitrogens is 2. The van der Waals surface area contributed by atoms with Gasteiger partial charge in [0.15, 0.2) is 0 Å². The summed E-state index contributed by atoms with van der Waals surface area (Å²) in [6.07, 6.45) is 1.00. The Balaban J connectivity index is 1.72. The van der Waals surface area contributed by atoms with Crippen molar-refractivity contribution in [2.24, 2.45) is 7.05 Å². The van der Waals surface area contributed by atoms with Crippen molar-refractivity contribution in [2.45, 2.75) is 31.6 Å². The number of hydrogen-bond acceptors (Lipinski definition) is 5. The summed E-state index contributed by atoms with van der Waals surface area (Å²) in [7, 11) is -1.87. The summed E-state index contributed by atoms with van der Waals surface area (Å²) in [4.78, 5) is 14.6. The molecular formula is C17H24N4O3S2. The molecule has 2 aromatic rings. The fourth-order valence-electron chi connectivity index (χ4n) is 3.32. The van der Waals surface area contributed by atoms with Gasteiger partial charge in [-0.15, -0.1) is 0 Å². The lowest BCUT2D eigenvalue weighted by molar-refractivity contribution is -0.130. The molecule has 0 radical (unpaired) electrons. The topological polar surface area (TPSA) is 75.5 Å². The van der Waals surface area contributed by atoms with E-state index in [4.69, 9.17) is 0 Å². The summed E-state index contributed by atoms with van der Waals surface area (Å²) in [6, 6.07) is 1.95. The average molecular weight is 397 g/mol. The number of hydrogen-bond donors (Lipinski definition) is 0. The van der Waals surface area contributed by atoms with Gasteiger partial charge >= 0.3 is 0 Å². The van der Waals surface area contributed by atoms with Gasteiger partial charge in [0, 0.05) is 33.2 Å². The smallest absolute Gasteiger partial charge is 0.246 e. The second-order valence-electron chi connectivity index (χ2n) is 6.57. The first-order valence-corrected chi connectivity index (χ1v) is 11.0. The van der Waals surface area contributed by atoms with Crippen LogP contribution in [0.15, 0.2) is 21.7 Å². The van der Waals surface area contributed by atoms with Crippen LogP contribution in [0.5, 0.6) is 0 Å². The van der Waals surface area contributed by atoms with Crippen molar-refractivity contribution in [3.63, 3.8) is 0 Å². The van der Waals surface area contributed by atoms with Crippen LogP contribution in [0.2, 0.25) is 0 Å². The van der Waals surface area contributed by atoms with Crippen molar-refractivity contribution in [1.82, 2.24) is 19.0 Å². The van der Waals surface area contributed by atoms with Gasteiger partial charge in [-0.3, -0.25) is 9.48 Å². The zero-order chi connectivity index (χ0) is 18.9. The van der Waals surface area contributed by atoms with Gasteiger partial charge < -0.3 is 4.90 Å². The van der Waals surface area contributed by atoms with Crippen LogP contribution in [0.25, 0.3) is 0 Å². The van der Waals surface area contributed by atoms with Crippen LogP contribution in [-0.4, -0.2) is 59.5 Å². The van der Waals surface area contributed by atoms with E-state index in [2.05, 4.69) is 5.10 Å². The molecule has 9 heteroatoms. The van der Waals surface area contributed by atoms with Crippen LogP contribution in [0.4, 0.5) is 0 Å². The molecule has 0 aliphatic carbocycles. The molecule has 0 saturated carbocycles. The molecule has 1 fully saturated rings. The maximum absolute atomic E-state index is 13.1. The van der Waals surface area contributed by atoms with Crippen LogP contribution in [0, 0.1) is 13.8 Å². The van der Waals surface area contributed by atoms with Gasteiger partial charge in [0.05, 0.1) is 17.8 Å². The van der Waals surface area contributed by atoms with E-state index in [0.29, 0.717) is 50.4 Å². The minimum absolute atomic E-state index is 0.0522. The maximum Gasteiger partial charge on any atom is 0.246 e. The average Bonchev–Trinajstić information content (AvgIpc) is 3.06. The second-order valence-corrected chi connectivity index (χ2v) is 9.23. The molecule has 1 aliphatic rings. The van der Waals surface area contributed by atoms with Crippen molar-refractivity contribution >= 4 is 27.3 Å². The Morgan fingerprint density at radius 1 is 1.23 bits per heavy atom. The zero-order valence-electron chi connectivity index (χ0n) is 15.3. The Kier molecular flexibility index (Phi) is 5.50. The Bertz CT molecular complexity index is 888. The summed E-state index contributed by atoms with van der Waals surface area (Å²) in [6.45, 7) is 5.21. The van der Waals surface area contributed by atoms with Crippen molar-refractivity contribution in [3.05, 3.63) is 33.8 Å². The van der Waals surface area contributed by atoms with E-state index < -0.39 is 10.0 Å². The van der Waals surface area contributed by atoms with Gasteiger partial charge in [0.2, 0.25) is 15.9 Å². The van der Waals surface area contributed by atoms with E-state index in [-0.39, 0.29) is 10.8 Å². The molecule has 7 nitrogen and oxygen atoms in total. The molecule has 0 unspecified atom stereocenters. The molecule has 2 aromatic heterocycles. The van der Waals surface area contributed by atoms with Gasteiger partial charge in [0.25, 0.3) is 0 Å². The molecule has 0 N–H and O–H groups in total. The lowest BCUT2D eigenvalue weighted by atomic mass is 10.2. The van der Waals surface area contributed by atoms with E-state index in [1.165, 1.54) is 4.31 Å². The highest BCUT2D eigenvalue weighted by molar-refractivity contribution is 7.89. The predicted octanol–water partition coefficient (Wildman–Crippen LogP) is 1.56. The van der Waals surface area contributed by atoms with Gasteiger partial charge in [-0.2, -0.15) is 20.7 Å². The Morgan fingerprint density at radius 2 is 2.00 bits per heavy atom. The highest BCUT2D eigenvalue weighted by atomic mass is 32.2. The monoisotopic (exact) mass is 396 g/mol. The van der Waals surface area contributed by atoms with E-state index in [1.807, 2.05) is 16.8 Å². The summed E-state index contributed by atoms with van der Waals surface area (Å²) in [5.41, 5.74) is 2.16. The fourth-order valence-corrected chi connectivity index (χ4v) is 5.86. The molecule has 1 aliphatic heterocycles. The first-order valence-electron chi connectivity index (χ1n) is 8.60. The van der Waals surface area contributed by atoms with Gasteiger partial charge in [-0.25, -0.2) is 8.42 Å². The molecule has 0 spiro atoms. The molecule has 3 rings (SSSR count). The first kappa shape index (κ1) is 19.1. The van der Waals surface area contributed by atoms with Crippen LogP contribution in [0.3, 0.4) is 0 Å². The Morgan fingerprint density at radius 3 is 2.62 bits per heavy atom. The number of thiophene rings is 1. The number of rotatable bonds is 4. The second kappa shape index (κ2) is 7.50. The van der Waals surface area contributed by atoms with E-state index in [1.54, 1.807) is 41.8 Å². The zero-order valence-corrected chi connectivity index (χ0v) is 16.9. The molecule has 0 aromatic carbocycles. The third kappa shape index (κ3) is 3.70. The van der Waals surface area contributed by atoms with Crippen molar-refractivity contribution in [2.75, 3.05) is 26.2 Å². The number of carbonyl (C=O) groups is 1. The summed E-state index contributed by atoms with van der Waals surface area (Å²) >= 11 is 1.57. The number of sulfonamides is 1. The van der Waals surface area contributed by atoms with Crippen molar-refractivity contribution < 1.29 is 13.2 Å². The molecule has 0 atom stereocenters. The summed E-state index contributed by atoms with van der Waals surface area (Å²) in [5, 5.41) is 8.16. The van der Waals surface area contributed by atoms with Gasteiger partial charge in [-0.05, 0) is 42.7 Å². The van der Waals surface area contributed by atoms with Crippen molar-refractivity contribution in [1.29, 1.82) is 0 Å². The third-order valence-electron chi connectivity index (χ3n) is 4.78. The lowest BCUT2D eigenvalue weighted by Gasteiger charge is -2.22. The number of nitrogens with zero attached hydrogens (tertiary/aromatic N) is 4. The normalized spacial score (nSPS) is 16.7. The SMILES string of the molecule is Cc1nn(C)c(C)c1S(=O)(=O)N1CCCN(C(=O)Cc2ccsc2)CC1. The largest absolute Gasteiger partial charge is 0.341 e. The van der Waals surface area contributed by atoms with Crippen LogP contribution >= 0.6 is 11.3 Å². The standard InChI is InChI=1S/C17H24N4O3S2/c1-13-17(14(2)19(3)18-13)26(23,24)21-7-4-6-20(8-9-21)16(22)11-15-5-10-25-12-15/h5,10,12H,4,6-9,11H2,1-3H3. The lowest BCUT2D eigenvalue weighted by Crippen LogP contribution is -2.38. The molecule has 3 heterocycles. The first-order chi connectivity index (χ1) is 12.3. The summed E-state index contributed by atoms with van der Waals surface area (Å²) < 4.78 is 29.3. The molecule has 0 bridgehead atoms.